The van der Waals surface area contributed by atoms with E-state index in [1.165, 1.54) is 18.4 Å². The van der Waals surface area contributed by atoms with Gasteiger partial charge in [-0.05, 0) is 37.1 Å². The molecule has 2 aromatic carbocycles. The van der Waals surface area contributed by atoms with Crippen molar-refractivity contribution in [1.29, 1.82) is 0 Å². The van der Waals surface area contributed by atoms with Gasteiger partial charge in [-0.1, -0.05) is 35.0 Å². The molecule has 0 saturated heterocycles. The predicted octanol–water partition coefficient (Wildman–Crippen LogP) is 4.63. The molecule has 28 heavy (non-hydrogen) atoms. The monoisotopic (exact) mass is 417 g/mol. The third kappa shape index (κ3) is 3.55. The van der Waals surface area contributed by atoms with Crippen LogP contribution in [0, 0.1) is 0 Å². The van der Waals surface area contributed by atoms with E-state index in [1.54, 1.807) is 30.3 Å². The minimum absolute atomic E-state index is 0.0251. The van der Waals surface area contributed by atoms with Crippen molar-refractivity contribution in [3.63, 3.8) is 0 Å². The number of halogens is 1. The molecule has 0 N–H and O–H groups in total. The molecule has 1 heterocycles. The molecule has 0 aliphatic heterocycles. The summed E-state index contributed by atoms with van der Waals surface area (Å²) in [5, 5.41) is 4.01. The van der Waals surface area contributed by atoms with Gasteiger partial charge in [0.25, 0.3) is 0 Å². The van der Waals surface area contributed by atoms with Crippen molar-refractivity contribution in [2.45, 2.75) is 23.7 Å². The van der Waals surface area contributed by atoms with E-state index in [0.717, 1.165) is 19.1 Å². The van der Waals surface area contributed by atoms with Crippen LogP contribution in [-0.4, -0.2) is 25.6 Å². The highest BCUT2D eigenvalue weighted by Gasteiger charge is 2.34. The lowest BCUT2D eigenvalue weighted by atomic mass is 10.0. The quantitative estimate of drug-likeness (QED) is 0.543. The van der Waals surface area contributed by atoms with Crippen molar-refractivity contribution in [3.05, 3.63) is 70.6 Å². The van der Waals surface area contributed by atoms with Gasteiger partial charge in [0, 0.05) is 17.7 Å². The molecule has 1 fully saturated rings. The number of aromatic nitrogens is 1. The Kier molecular flexibility index (Phi) is 4.72. The molecule has 0 spiro atoms. The molecular weight excluding hydrogens is 402 g/mol. The molecule has 0 unspecified atom stereocenters. The van der Waals surface area contributed by atoms with Crippen LogP contribution in [0.5, 0.6) is 11.5 Å². The Morgan fingerprint density at radius 2 is 1.86 bits per heavy atom. The van der Waals surface area contributed by atoms with Gasteiger partial charge >= 0.3 is 0 Å². The number of benzene rings is 2. The average Bonchev–Trinajstić information content (AvgIpc) is 3.39. The van der Waals surface area contributed by atoms with Crippen LogP contribution in [0.2, 0.25) is 5.02 Å². The number of carbonyl (C=O) groups is 1. The van der Waals surface area contributed by atoms with Gasteiger partial charge < -0.3 is 9.26 Å². The summed E-state index contributed by atoms with van der Waals surface area (Å²) in [6.45, 7) is 0. The maximum absolute atomic E-state index is 13.2. The maximum Gasteiger partial charge on any atom is 0.199 e. The highest BCUT2D eigenvalue weighted by Crippen LogP contribution is 2.43. The topological polar surface area (TPSA) is 86.5 Å². The molecule has 0 amide bonds. The van der Waals surface area contributed by atoms with Gasteiger partial charge in [0.15, 0.2) is 21.4 Å². The highest BCUT2D eigenvalue weighted by atomic mass is 35.5. The standard InChI is InChI=1S/C20H16ClNO5S/c1-28(24,25)20-14(18(23)15-11-26-22-17(15)12-7-8-12)9-10-16(21)19(20)27-13-5-3-2-4-6-13/h2-6,9-12H,7-8H2,1H3. The number of hydrogen-bond donors (Lipinski definition) is 0. The van der Waals surface area contributed by atoms with E-state index in [0.29, 0.717) is 11.4 Å². The minimum atomic E-state index is -3.84. The van der Waals surface area contributed by atoms with Crippen molar-refractivity contribution in [2.75, 3.05) is 6.26 Å². The van der Waals surface area contributed by atoms with Crippen molar-refractivity contribution in [1.82, 2.24) is 5.16 Å². The Morgan fingerprint density at radius 1 is 1.14 bits per heavy atom. The first-order valence-corrected chi connectivity index (χ1v) is 10.9. The molecular formula is C20H16ClNO5S. The van der Waals surface area contributed by atoms with Gasteiger partial charge in [-0.3, -0.25) is 4.79 Å². The number of hydrogen-bond acceptors (Lipinski definition) is 6. The second kappa shape index (κ2) is 7.07. The molecule has 1 saturated carbocycles. The maximum atomic E-state index is 13.2. The Morgan fingerprint density at radius 3 is 2.50 bits per heavy atom. The van der Waals surface area contributed by atoms with Gasteiger partial charge in [-0.2, -0.15) is 0 Å². The summed E-state index contributed by atoms with van der Waals surface area (Å²) in [4.78, 5) is 12.9. The number of sulfone groups is 1. The molecule has 6 nitrogen and oxygen atoms in total. The number of carbonyl (C=O) groups excluding carboxylic acids is 1. The predicted molar refractivity (Wildman–Crippen MR) is 103 cm³/mol. The Labute approximate surface area is 167 Å². The number of rotatable bonds is 6. The van der Waals surface area contributed by atoms with Crippen LogP contribution in [0.15, 0.2) is 58.1 Å². The second-order valence-electron chi connectivity index (χ2n) is 6.66. The number of ether oxygens (including phenoxy) is 1. The van der Waals surface area contributed by atoms with Gasteiger partial charge in [0.05, 0.1) is 16.3 Å². The third-order valence-corrected chi connectivity index (χ3v) is 5.89. The summed E-state index contributed by atoms with van der Waals surface area (Å²) in [6, 6.07) is 11.5. The van der Waals surface area contributed by atoms with E-state index in [9.17, 15) is 13.2 Å². The lowest BCUT2D eigenvalue weighted by molar-refractivity contribution is 0.103. The SMILES string of the molecule is CS(=O)(=O)c1c(C(=O)c2conc2C2CC2)ccc(Cl)c1Oc1ccccc1. The summed E-state index contributed by atoms with van der Waals surface area (Å²) >= 11 is 6.25. The summed E-state index contributed by atoms with van der Waals surface area (Å²) in [5.41, 5.74) is 0.799. The van der Waals surface area contributed by atoms with E-state index in [4.69, 9.17) is 20.9 Å². The highest BCUT2D eigenvalue weighted by molar-refractivity contribution is 7.91. The van der Waals surface area contributed by atoms with Gasteiger partial charge in [0.2, 0.25) is 0 Å². The summed E-state index contributed by atoms with van der Waals surface area (Å²) in [6.07, 6.45) is 4.13. The molecule has 4 rings (SSSR count). The van der Waals surface area contributed by atoms with Crippen molar-refractivity contribution in [3.8, 4) is 11.5 Å². The molecule has 8 heteroatoms. The zero-order chi connectivity index (χ0) is 19.9. The average molecular weight is 418 g/mol. The zero-order valence-electron chi connectivity index (χ0n) is 14.9. The minimum Gasteiger partial charge on any atom is -0.454 e. The van der Waals surface area contributed by atoms with E-state index in [1.807, 2.05) is 0 Å². The number of para-hydroxylation sites is 1. The summed E-state index contributed by atoms with van der Waals surface area (Å²) in [7, 11) is -3.84. The Balaban J connectivity index is 1.87. The van der Waals surface area contributed by atoms with Crippen LogP contribution < -0.4 is 4.74 Å². The van der Waals surface area contributed by atoms with Crippen molar-refractivity contribution >= 4 is 27.2 Å². The molecule has 0 bridgehead atoms. The van der Waals surface area contributed by atoms with Crippen molar-refractivity contribution < 1.29 is 22.5 Å². The fourth-order valence-corrected chi connectivity index (χ4v) is 4.30. The van der Waals surface area contributed by atoms with Crippen LogP contribution in [0.3, 0.4) is 0 Å². The van der Waals surface area contributed by atoms with E-state index < -0.39 is 15.6 Å². The van der Waals surface area contributed by atoms with Gasteiger partial charge in [-0.15, -0.1) is 0 Å². The first kappa shape index (κ1) is 18.7. The first-order chi connectivity index (χ1) is 13.4. The van der Waals surface area contributed by atoms with Crippen LogP contribution in [0.4, 0.5) is 0 Å². The normalized spacial score (nSPS) is 14.1. The van der Waals surface area contributed by atoms with E-state index >= 15 is 0 Å². The lowest BCUT2D eigenvalue weighted by Gasteiger charge is -2.15. The molecule has 0 radical (unpaired) electrons. The summed E-state index contributed by atoms with van der Waals surface area (Å²) in [5.74, 6) is 0.0121. The second-order valence-corrected chi connectivity index (χ2v) is 9.02. The summed E-state index contributed by atoms with van der Waals surface area (Å²) < 4.78 is 35.9. The number of nitrogens with zero attached hydrogens (tertiary/aromatic N) is 1. The Bertz CT molecular complexity index is 1150. The Hall–Kier alpha value is -2.64. The third-order valence-electron chi connectivity index (χ3n) is 4.45. The number of ketones is 1. The molecule has 0 atom stereocenters. The smallest absolute Gasteiger partial charge is 0.199 e. The van der Waals surface area contributed by atoms with E-state index in [2.05, 4.69) is 5.16 Å². The fourth-order valence-electron chi connectivity index (χ4n) is 3.00. The van der Waals surface area contributed by atoms with Crippen molar-refractivity contribution in [2.24, 2.45) is 0 Å². The van der Waals surface area contributed by atoms with Crippen LogP contribution in [-0.2, 0) is 9.84 Å². The molecule has 144 valence electrons. The molecule has 3 aromatic rings. The molecule has 1 aliphatic carbocycles. The van der Waals surface area contributed by atoms with Gasteiger partial charge in [0.1, 0.15) is 16.9 Å². The van der Waals surface area contributed by atoms with E-state index in [-0.39, 0.29) is 32.7 Å². The zero-order valence-corrected chi connectivity index (χ0v) is 16.5. The van der Waals surface area contributed by atoms with Crippen LogP contribution in [0.25, 0.3) is 0 Å². The molecule has 1 aromatic heterocycles. The largest absolute Gasteiger partial charge is 0.454 e. The lowest BCUT2D eigenvalue weighted by Crippen LogP contribution is -2.12. The first-order valence-electron chi connectivity index (χ1n) is 8.60. The van der Waals surface area contributed by atoms with Crippen LogP contribution in [0.1, 0.15) is 40.4 Å². The van der Waals surface area contributed by atoms with Gasteiger partial charge in [-0.25, -0.2) is 8.42 Å². The molecule has 1 aliphatic rings. The van der Waals surface area contributed by atoms with Crippen LogP contribution >= 0.6 is 11.6 Å². The fraction of sp³-hybridized carbons (Fsp3) is 0.200.